The molecule has 0 heterocycles. The van der Waals surface area contributed by atoms with Gasteiger partial charge in [-0.15, -0.1) is 0 Å². The molecular weight excluding hydrogens is 290 g/mol. The minimum Gasteiger partial charge on any atom is -0.494 e. The SMILES string of the molecule is CCOc1ccc([N+](=O)[O-])cc1C(Br)C(C)=O. The number of alkyl halides is 1. The number of benzene rings is 1. The van der Waals surface area contributed by atoms with Gasteiger partial charge in [0.2, 0.25) is 0 Å². The average Bonchev–Trinajstić information content (AvgIpc) is 2.28. The Labute approximate surface area is 107 Å². The van der Waals surface area contributed by atoms with Crippen LogP contribution in [0.15, 0.2) is 18.2 Å². The molecule has 0 spiro atoms. The molecule has 1 unspecified atom stereocenters. The standard InChI is InChI=1S/C11H12BrNO4/c1-3-17-10-5-4-8(13(15)16)6-9(10)11(12)7(2)14/h4-6,11H,3H2,1-2H3. The van der Waals surface area contributed by atoms with Crippen molar-refractivity contribution in [3.8, 4) is 5.75 Å². The van der Waals surface area contributed by atoms with Gasteiger partial charge >= 0.3 is 0 Å². The van der Waals surface area contributed by atoms with Crippen LogP contribution in [0.1, 0.15) is 24.2 Å². The Kier molecular flexibility index (Phi) is 4.62. The summed E-state index contributed by atoms with van der Waals surface area (Å²) in [5.41, 5.74) is 0.419. The number of nitro groups is 1. The van der Waals surface area contributed by atoms with Crippen molar-refractivity contribution in [3.05, 3.63) is 33.9 Å². The first kappa shape index (κ1) is 13.6. The molecule has 1 aromatic carbocycles. The average molecular weight is 302 g/mol. The summed E-state index contributed by atoms with van der Waals surface area (Å²) in [6.45, 7) is 3.65. The molecule has 0 fully saturated rings. The molecule has 0 aliphatic heterocycles. The van der Waals surface area contributed by atoms with Gasteiger partial charge in [-0.05, 0) is 19.9 Å². The summed E-state index contributed by atoms with van der Waals surface area (Å²) in [6, 6.07) is 4.22. The molecule has 0 N–H and O–H groups in total. The van der Waals surface area contributed by atoms with Gasteiger partial charge < -0.3 is 4.74 Å². The van der Waals surface area contributed by atoms with Gasteiger partial charge in [0, 0.05) is 17.7 Å². The van der Waals surface area contributed by atoms with E-state index in [2.05, 4.69) is 15.9 Å². The largest absolute Gasteiger partial charge is 0.494 e. The third-order valence-corrected chi connectivity index (χ3v) is 3.27. The molecule has 17 heavy (non-hydrogen) atoms. The highest BCUT2D eigenvalue weighted by Gasteiger charge is 2.20. The highest BCUT2D eigenvalue weighted by molar-refractivity contribution is 9.09. The van der Waals surface area contributed by atoms with E-state index in [1.54, 1.807) is 0 Å². The van der Waals surface area contributed by atoms with Crippen LogP contribution in [0.2, 0.25) is 0 Å². The summed E-state index contributed by atoms with van der Waals surface area (Å²) < 4.78 is 5.34. The van der Waals surface area contributed by atoms with Crippen molar-refractivity contribution in [2.75, 3.05) is 6.61 Å². The Morgan fingerprint density at radius 2 is 2.24 bits per heavy atom. The monoisotopic (exact) mass is 301 g/mol. The highest BCUT2D eigenvalue weighted by Crippen LogP contribution is 2.34. The topological polar surface area (TPSA) is 69.4 Å². The summed E-state index contributed by atoms with van der Waals surface area (Å²) in [7, 11) is 0. The maximum atomic E-state index is 11.3. The number of hydrogen-bond acceptors (Lipinski definition) is 4. The first-order valence-electron chi connectivity index (χ1n) is 5.03. The minimum absolute atomic E-state index is 0.0610. The van der Waals surface area contributed by atoms with Crippen molar-refractivity contribution < 1.29 is 14.5 Å². The highest BCUT2D eigenvalue weighted by atomic mass is 79.9. The number of carbonyl (C=O) groups is 1. The number of rotatable bonds is 5. The molecular formula is C11H12BrNO4. The number of ketones is 1. The van der Waals surface area contributed by atoms with E-state index in [1.807, 2.05) is 6.92 Å². The summed E-state index contributed by atoms with van der Waals surface area (Å²) in [6.07, 6.45) is 0. The van der Waals surface area contributed by atoms with Gasteiger partial charge in [-0.3, -0.25) is 14.9 Å². The smallest absolute Gasteiger partial charge is 0.270 e. The third kappa shape index (κ3) is 3.26. The Hall–Kier alpha value is -1.43. The predicted octanol–water partition coefficient (Wildman–Crippen LogP) is 3.02. The molecule has 92 valence electrons. The van der Waals surface area contributed by atoms with Crippen LogP contribution in [0, 0.1) is 10.1 Å². The molecule has 0 bridgehead atoms. The van der Waals surface area contributed by atoms with E-state index in [9.17, 15) is 14.9 Å². The van der Waals surface area contributed by atoms with E-state index in [4.69, 9.17) is 4.74 Å². The first-order valence-corrected chi connectivity index (χ1v) is 5.94. The molecule has 0 radical (unpaired) electrons. The van der Waals surface area contributed by atoms with Crippen LogP contribution in [0.5, 0.6) is 5.75 Å². The van der Waals surface area contributed by atoms with E-state index >= 15 is 0 Å². The fourth-order valence-electron chi connectivity index (χ4n) is 1.35. The van der Waals surface area contributed by atoms with E-state index < -0.39 is 9.75 Å². The van der Waals surface area contributed by atoms with Crippen LogP contribution in [0.25, 0.3) is 0 Å². The van der Waals surface area contributed by atoms with Gasteiger partial charge in [-0.25, -0.2) is 0 Å². The second-order valence-corrected chi connectivity index (χ2v) is 4.30. The third-order valence-electron chi connectivity index (χ3n) is 2.13. The van der Waals surface area contributed by atoms with Gasteiger partial charge in [0.15, 0.2) is 0 Å². The molecule has 6 heteroatoms. The Morgan fingerprint density at radius 3 is 2.71 bits per heavy atom. The van der Waals surface area contributed by atoms with Crippen LogP contribution in [0.4, 0.5) is 5.69 Å². The first-order chi connectivity index (χ1) is 7.97. The van der Waals surface area contributed by atoms with Gasteiger partial charge in [-0.2, -0.15) is 0 Å². The van der Waals surface area contributed by atoms with Crippen LogP contribution < -0.4 is 4.74 Å². The summed E-state index contributed by atoms with van der Waals surface area (Å²) >= 11 is 3.20. The zero-order chi connectivity index (χ0) is 13.0. The number of Topliss-reactive ketones (excluding diaryl/α,β-unsaturated/α-hetero) is 1. The summed E-state index contributed by atoms with van der Waals surface area (Å²) in [4.78, 5) is 20.9. The Balaban J connectivity index is 3.24. The van der Waals surface area contributed by atoms with E-state index in [1.165, 1.54) is 25.1 Å². The molecule has 0 saturated carbocycles. The summed E-state index contributed by atoms with van der Waals surface area (Å²) in [5, 5.41) is 10.7. The maximum absolute atomic E-state index is 11.3. The minimum atomic E-state index is -0.594. The second-order valence-electron chi connectivity index (χ2n) is 3.39. The number of hydrogen-bond donors (Lipinski definition) is 0. The van der Waals surface area contributed by atoms with Crippen LogP contribution in [0.3, 0.4) is 0 Å². The number of carbonyl (C=O) groups excluding carboxylic acids is 1. The van der Waals surface area contributed by atoms with Crippen molar-refractivity contribution in [2.45, 2.75) is 18.7 Å². The van der Waals surface area contributed by atoms with E-state index in [-0.39, 0.29) is 11.5 Å². The van der Waals surface area contributed by atoms with Crippen LogP contribution in [-0.4, -0.2) is 17.3 Å². The molecule has 1 aromatic rings. The fraction of sp³-hybridized carbons (Fsp3) is 0.364. The maximum Gasteiger partial charge on any atom is 0.270 e. The Bertz CT molecular complexity index is 447. The van der Waals surface area contributed by atoms with Crippen molar-refractivity contribution in [3.63, 3.8) is 0 Å². The lowest BCUT2D eigenvalue weighted by Gasteiger charge is -2.12. The molecule has 1 rings (SSSR count). The zero-order valence-corrected chi connectivity index (χ0v) is 11.1. The molecule has 0 aliphatic rings. The van der Waals surface area contributed by atoms with Crippen molar-refractivity contribution in [2.24, 2.45) is 0 Å². The summed E-state index contributed by atoms with van der Waals surface area (Å²) in [5.74, 6) is 0.349. The van der Waals surface area contributed by atoms with Gasteiger partial charge in [0.1, 0.15) is 16.4 Å². The van der Waals surface area contributed by atoms with E-state index in [0.717, 1.165) is 0 Å². The quantitative estimate of drug-likeness (QED) is 0.476. The predicted molar refractivity (Wildman–Crippen MR) is 66.6 cm³/mol. The van der Waals surface area contributed by atoms with Crippen LogP contribution in [-0.2, 0) is 4.79 Å². The molecule has 0 aromatic heterocycles. The van der Waals surface area contributed by atoms with Crippen molar-refractivity contribution in [1.29, 1.82) is 0 Å². The molecule has 0 saturated heterocycles. The molecule has 1 atom stereocenters. The van der Waals surface area contributed by atoms with Gasteiger partial charge in [0.25, 0.3) is 5.69 Å². The van der Waals surface area contributed by atoms with E-state index in [0.29, 0.717) is 17.9 Å². The van der Waals surface area contributed by atoms with Crippen molar-refractivity contribution >= 4 is 27.4 Å². The second kappa shape index (κ2) is 5.77. The number of non-ortho nitro benzene ring substituents is 1. The lowest BCUT2D eigenvalue weighted by Crippen LogP contribution is -2.05. The lowest BCUT2D eigenvalue weighted by molar-refractivity contribution is -0.384. The fourth-order valence-corrected chi connectivity index (χ4v) is 1.71. The zero-order valence-electron chi connectivity index (χ0n) is 9.47. The van der Waals surface area contributed by atoms with Crippen LogP contribution >= 0.6 is 15.9 Å². The number of halogens is 1. The van der Waals surface area contributed by atoms with Crippen molar-refractivity contribution in [1.82, 2.24) is 0 Å². The molecule has 5 nitrogen and oxygen atoms in total. The molecule has 0 amide bonds. The van der Waals surface area contributed by atoms with Gasteiger partial charge in [0.05, 0.1) is 11.5 Å². The number of ether oxygens (including phenoxy) is 1. The molecule has 0 aliphatic carbocycles. The Morgan fingerprint density at radius 1 is 1.59 bits per heavy atom. The normalized spacial score (nSPS) is 11.9. The number of nitrogens with zero attached hydrogens (tertiary/aromatic N) is 1. The number of nitro benzene ring substituents is 1. The van der Waals surface area contributed by atoms with Gasteiger partial charge in [-0.1, -0.05) is 15.9 Å². The lowest BCUT2D eigenvalue weighted by atomic mass is 10.1.